The number of fused-ring (bicyclic) bond motifs is 1. The Balaban J connectivity index is 2.89. The molecule has 0 saturated heterocycles. The van der Waals surface area contributed by atoms with Crippen LogP contribution in [0.25, 0.3) is 10.9 Å². The van der Waals surface area contributed by atoms with Crippen LogP contribution in [-0.2, 0) is 0 Å². The van der Waals surface area contributed by atoms with Crippen LogP contribution in [0, 0.1) is 13.8 Å². The van der Waals surface area contributed by atoms with E-state index in [1.54, 1.807) is 0 Å². The molecule has 2 aromatic rings. The van der Waals surface area contributed by atoms with Crippen molar-refractivity contribution in [2.24, 2.45) is 0 Å². The minimum atomic E-state index is 0.301. The van der Waals surface area contributed by atoms with Crippen LogP contribution >= 0.6 is 0 Å². The van der Waals surface area contributed by atoms with Gasteiger partial charge in [0.2, 0.25) is 0 Å². The zero-order valence-corrected chi connectivity index (χ0v) is 9.46. The molecule has 0 fully saturated rings. The lowest BCUT2D eigenvalue weighted by molar-refractivity contribution is 0.378. The van der Waals surface area contributed by atoms with E-state index in [0.717, 1.165) is 22.4 Å². The van der Waals surface area contributed by atoms with Crippen molar-refractivity contribution in [1.29, 1.82) is 0 Å². The van der Waals surface area contributed by atoms with Crippen molar-refractivity contribution in [3.63, 3.8) is 0 Å². The number of aromatic nitrogens is 2. The molecular weight excluding hydrogens is 190 g/mol. The summed E-state index contributed by atoms with van der Waals surface area (Å²) in [7, 11) is 0. The molecule has 0 bridgehead atoms. The van der Waals surface area contributed by atoms with Gasteiger partial charge in [-0.2, -0.15) is 0 Å². The summed E-state index contributed by atoms with van der Waals surface area (Å²) in [5.74, 6) is 1.64. The molecule has 0 aromatic carbocycles. The lowest BCUT2D eigenvalue weighted by Gasteiger charge is -2.05. The monoisotopic (exact) mass is 205 g/mol. The molecule has 0 aliphatic heterocycles. The zero-order chi connectivity index (χ0) is 11.2. The molecule has 2 N–H and O–H groups in total. The summed E-state index contributed by atoms with van der Waals surface area (Å²) in [5, 5.41) is 5.00. The largest absolute Gasteiger partial charge is 0.382 e. The summed E-state index contributed by atoms with van der Waals surface area (Å²) in [5.41, 5.74) is 8.52. The van der Waals surface area contributed by atoms with E-state index in [0.29, 0.717) is 17.3 Å². The molecule has 4 nitrogen and oxygen atoms in total. The van der Waals surface area contributed by atoms with Gasteiger partial charge in [0, 0.05) is 11.6 Å². The summed E-state index contributed by atoms with van der Waals surface area (Å²) >= 11 is 0. The molecule has 2 aromatic heterocycles. The fourth-order valence-electron chi connectivity index (χ4n) is 1.73. The summed E-state index contributed by atoms with van der Waals surface area (Å²) in [4.78, 5) is 4.23. The van der Waals surface area contributed by atoms with Gasteiger partial charge in [0.25, 0.3) is 0 Å². The summed E-state index contributed by atoms with van der Waals surface area (Å²) < 4.78 is 5.32. The third kappa shape index (κ3) is 1.37. The second-order valence-corrected chi connectivity index (χ2v) is 4.13. The number of hydrogen-bond acceptors (Lipinski definition) is 4. The van der Waals surface area contributed by atoms with Gasteiger partial charge in [-0.1, -0.05) is 19.0 Å². The maximum Gasteiger partial charge on any atom is 0.156 e. The lowest BCUT2D eigenvalue weighted by atomic mass is 10.0. The fourth-order valence-corrected chi connectivity index (χ4v) is 1.73. The molecule has 0 atom stereocenters. The Morgan fingerprint density at radius 2 is 1.93 bits per heavy atom. The highest BCUT2D eigenvalue weighted by Crippen LogP contribution is 2.31. The molecule has 2 heterocycles. The molecule has 0 radical (unpaired) electrons. The smallest absolute Gasteiger partial charge is 0.156 e. The molecule has 80 valence electrons. The Kier molecular flexibility index (Phi) is 2.14. The zero-order valence-electron chi connectivity index (χ0n) is 9.46. The standard InChI is InChI=1S/C11H15N3O/c1-5(2)10-8-6(3)7(4)13-11(12)9(8)14-15-10/h5H,1-4H3,(H2,12,13). The van der Waals surface area contributed by atoms with Gasteiger partial charge in [0.1, 0.15) is 5.76 Å². The van der Waals surface area contributed by atoms with E-state index in [2.05, 4.69) is 24.0 Å². The third-order valence-electron chi connectivity index (χ3n) is 2.69. The Hall–Kier alpha value is -1.58. The van der Waals surface area contributed by atoms with Crippen LogP contribution in [0.5, 0.6) is 0 Å². The van der Waals surface area contributed by atoms with E-state index in [4.69, 9.17) is 10.3 Å². The average molecular weight is 205 g/mol. The van der Waals surface area contributed by atoms with E-state index in [9.17, 15) is 0 Å². The number of aryl methyl sites for hydroxylation is 2. The molecule has 0 amide bonds. The molecule has 0 aliphatic rings. The van der Waals surface area contributed by atoms with Crippen LogP contribution in [0.1, 0.15) is 36.8 Å². The number of nitrogens with two attached hydrogens (primary N) is 1. The quantitative estimate of drug-likeness (QED) is 0.777. The fraction of sp³-hybridized carbons (Fsp3) is 0.455. The normalized spacial score (nSPS) is 11.5. The van der Waals surface area contributed by atoms with Crippen LogP contribution in [0.15, 0.2) is 4.52 Å². The van der Waals surface area contributed by atoms with Gasteiger partial charge in [-0.3, -0.25) is 0 Å². The van der Waals surface area contributed by atoms with Gasteiger partial charge in [-0.15, -0.1) is 0 Å². The van der Waals surface area contributed by atoms with E-state index in [1.165, 1.54) is 0 Å². The summed E-state index contributed by atoms with van der Waals surface area (Å²) in [6.07, 6.45) is 0. The first-order valence-electron chi connectivity index (χ1n) is 5.04. The van der Waals surface area contributed by atoms with Crippen LogP contribution < -0.4 is 5.73 Å². The van der Waals surface area contributed by atoms with Gasteiger partial charge in [0.05, 0.1) is 5.39 Å². The maximum atomic E-state index is 5.81. The highest BCUT2D eigenvalue weighted by atomic mass is 16.5. The second-order valence-electron chi connectivity index (χ2n) is 4.13. The predicted molar refractivity (Wildman–Crippen MR) is 59.8 cm³/mol. The number of rotatable bonds is 1. The van der Waals surface area contributed by atoms with Crippen molar-refractivity contribution < 1.29 is 4.52 Å². The number of anilines is 1. The van der Waals surface area contributed by atoms with Crippen molar-refractivity contribution in [3.8, 4) is 0 Å². The van der Waals surface area contributed by atoms with E-state index < -0.39 is 0 Å². The highest BCUT2D eigenvalue weighted by Gasteiger charge is 2.18. The molecule has 2 rings (SSSR count). The van der Waals surface area contributed by atoms with Crippen molar-refractivity contribution in [2.45, 2.75) is 33.6 Å². The molecule has 4 heteroatoms. The minimum Gasteiger partial charge on any atom is -0.382 e. The summed E-state index contributed by atoms with van der Waals surface area (Å²) in [6.45, 7) is 8.12. The number of nitrogen functional groups attached to an aromatic ring is 1. The van der Waals surface area contributed by atoms with Crippen molar-refractivity contribution in [2.75, 3.05) is 5.73 Å². The van der Waals surface area contributed by atoms with E-state index >= 15 is 0 Å². The number of nitrogens with zero attached hydrogens (tertiary/aromatic N) is 2. The highest BCUT2D eigenvalue weighted by molar-refractivity contribution is 5.91. The molecule has 0 unspecified atom stereocenters. The maximum absolute atomic E-state index is 5.81. The second kappa shape index (κ2) is 3.22. The molecule has 0 aliphatic carbocycles. The Morgan fingerprint density at radius 1 is 1.27 bits per heavy atom. The van der Waals surface area contributed by atoms with Crippen LogP contribution in [0.2, 0.25) is 0 Å². The van der Waals surface area contributed by atoms with E-state index in [1.807, 2.05) is 13.8 Å². The third-order valence-corrected chi connectivity index (χ3v) is 2.69. The Morgan fingerprint density at radius 3 is 2.53 bits per heavy atom. The number of hydrogen-bond donors (Lipinski definition) is 1. The van der Waals surface area contributed by atoms with Crippen molar-refractivity contribution >= 4 is 16.7 Å². The van der Waals surface area contributed by atoms with Gasteiger partial charge in [-0.25, -0.2) is 4.98 Å². The Labute approximate surface area is 88.5 Å². The van der Waals surface area contributed by atoms with Crippen molar-refractivity contribution in [1.82, 2.24) is 10.1 Å². The SMILES string of the molecule is Cc1nc(N)c2noc(C(C)C)c2c1C. The number of pyridine rings is 1. The van der Waals surface area contributed by atoms with Crippen LogP contribution in [0.3, 0.4) is 0 Å². The molecule has 15 heavy (non-hydrogen) atoms. The minimum absolute atomic E-state index is 0.301. The van der Waals surface area contributed by atoms with Gasteiger partial charge in [-0.05, 0) is 19.4 Å². The van der Waals surface area contributed by atoms with Gasteiger partial charge >= 0.3 is 0 Å². The summed E-state index contributed by atoms with van der Waals surface area (Å²) in [6, 6.07) is 0. The van der Waals surface area contributed by atoms with Gasteiger partial charge < -0.3 is 10.3 Å². The topological polar surface area (TPSA) is 64.9 Å². The van der Waals surface area contributed by atoms with Gasteiger partial charge in [0.15, 0.2) is 11.3 Å². The predicted octanol–water partition coefficient (Wildman–Crippen LogP) is 2.55. The van der Waals surface area contributed by atoms with E-state index in [-0.39, 0.29) is 0 Å². The lowest BCUT2D eigenvalue weighted by Crippen LogP contribution is -1.97. The molecule has 0 saturated carbocycles. The first kappa shape index (κ1) is 9.96. The average Bonchev–Trinajstić information content (AvgIpc) is 2.58. The first-order valence-corrected chi connectivity index (χ1v) is 5.04. The Bertz CT molecular complexity index is 514. The van der Waals surface area contributed by atoms with Crippen LogP contribution in [-0.4, -0.2) is 10.1 Å². The van der Waals surface area contributed by atoms with Crippen molar-refractivity contribution in [3.05, 3.63) is 17.0 Å². The molecule has 0 spiro atoms. The first-order chi connectivity index (χ1) is 7.02. The van der Waals surface area contributed by atoms with Crippen LogP contribution in [0.4, 0.5) is 5.82 Å². The molecular formula is C11H15N3O.